The van der Waals surface area contributed by atoms with Crippen LogP contribution in [0.3, 0.4) is 0 Å². The summed E-state index contributed by atoms with van der Waals surface area (Å²) >= 11 is 0. The molecule has 0 aliphatic carbocycles. The van der Waals surface area contributed by atoms with Crippen LogP contribution in [-0.4, -0.2) is 10.9 Å². The van der Waals surface area contributed by atoms with E-state index in [4.69, 9.17) is 0 Å². The molecule has 138 valence electrons. The van der Waals surface area contributed by atoms with Gasteiger partial charge in [-0.15, -0.1) is 0 Å². The smallest absolute Gasteiger partial charge is 0.338 e. The lowest BCUT2D eigenvalue weighted by atomic mass is 10.1. The van der Waals surface area contributed by atoms with Crippen molar-refractivity contribution in [3.63, 3.8) is 0 Å². The second kappa shape index (κ2) is 7.45. The molecule has 1 aromatic heterocycles. The number of alkyl halides is 3. The van der Waals surface area contributed by atoms with Crippen LogP contribution in [0.25, 0.3) is 0 Å². The molecule has 27 heavy (non-hydrogen) atoms. The zero-order chi connectivity index (χ0) is 19.4. The molecule has 8 heteroatoms. The summed E-state index contributed by atoms with van der Waals surface area (Å²) < 4.78 is 52.8. The number of halogens is 4. The second-order valence-corrected chi connectivity index (χ2v) is 5.53. The van der Waals surface area contributed by atoms with E-state index in [0.29, 0.717) is 0 Å². The normalized spacial score (nSPS) is 11.1. The van der Waals surface area contributed by atoms with Gasteiger partial charge in [0.15, 0.2) is 0 Å². The minimum Gasteiger partial charge on any atom is -0.338 e. The highest BCUT2D eigenvalue weighted by molar-refractivity contribution is 6.05. The minimum absolute atomic E-state index is 0.0702. The lowest BCUT2D eigenvalue weighted by molar-refractivity contribution is -0.136. The fourth-order valence-corrected chi connectivity index (χ4v) is 2.37. The van der Waals surface area contributed by atoms with Gasteiger partial charge in [-0.05, 0) is 36.4 Å². The van der Waals surface area contributed by atoms with Crippen molar-refractivity contribution in [3.05, 3.63) is 83.8 Å². The van der Waals surface area contributed by atoms with Crippen molar-refractivity contribution in [3.8, 4) is 0 Å². The van der Waals surface area contributed by atoms with Gasteiger partial charge in [-0.1, -0.05) is 24.3 Å². The Bertz CT molecular complexity index is 973. The van der Waals surface area contributed by atoms with Crippen LogP contribution < -0.4 is 10.6 Å². The number of para-hydroxylation sites is 2. The molecule has 2 N–H and O–H groups in total. The van der Waals surface area contributed by atoms with E-state index in [-0.39, 0.29) is 22.8 Å². The highest BCUT2D eigenvalue weighted by Crippen LogP contribution is 2.34. The van der Waals surface area contributed by atoms with Gasteiger partial charge >= 0.3 is 6.18 Å². The Morgan fingerprint density at radius 3 is 2.30 bits per heavy atom. The Morgan fingerprint density at radius 1 is 0.926 bits per heavy atom. The maximum Gasteiger partial charge on any atom is 0.418 e. The molecular weight excluding hydrogens is 362 g/mol. The van der Waals surface area contributed by atoms with Crippen LogP contribution in [0, 0.1) is 5.82 Å². The Balaban J connectivity index is 1.82. The first-order valence-electron chi connectivity index (χ1n) is 7.80. The first kappa shape index (κ1) is 18.4. The van der Waals surface area contributed by atoms with E-state index in [9.17, 15) is 22.4 Å². The summed E-state index contributed by atoms with van der Waals surface area (Å²) in [5.74, 6) is -1.07. The summed E-state index contributed by atoms with van der Waals surface area (Å²) in [7, 11) is 0. The summed E-state index contributed by atoms with van der Waals surface area (Å²) in [6.45, 7) is 0. The van der Waals surface area contributed by atoms with E-state index < -0.39 is 23.5 Å². The predicted molar refractivity (Wildman–Crippen MR) is 93.3 cm³/mol. The van der Waals surface area contributed by atoms with Crippen molar-refractivity contribution >= 4 is 23.1 Å². The van der Waals surface area contributed by atoms with Gasteiger partial charge in [0.1, 0.15) is 11.6 Å². The fourth-order valence-electron chi connectivity index (χ4n) is 2.37. The number of hydrogen-bond acceptors (Lipinski definition) is 3. The van der Waals surface area contributed by atoms with Crippen molar-refractivity contribution in [2.75, 3.05) is 10.6 Å². The van der Waals surface area contributed by atoms with Crippen molar-refractivity contribution in [2.45, 2.75) is 6.18 Å². The van der Waals surface area contributed by atoms with E-state index in [1.54, 1.807) is 6.07 Å². The van der Waals surface area contributed by atoms with E-state index in [1.807, 2.05) is 0 Å². The lowest BCUT2D eigenvalue weighted by Gasteiger charge is -2.14. The van der Waals surface area contributed by atoms with E-state index in [2.05, 4.69) is 15.6 Å². The molecule has 3 aromatic rings. The Labute approximate surface area is 151 Å². The number of benzene rings is 2. The average molecular weight is 375 g/mol. The van der Waals surface area contributed by atoms with Crippen molar-refractivity contribution < 1.29 is 22.4 Å². The van der Waals surface area contributed by atoms with Crippen LogP contribution >= 0.6 is 0 Å². The molecule has 1 amide bonds. The topological polar surface area (TPSA) is 54.0 Å². The number of aromatic nitrogens is 1. The van der Waals surface area contributed by atoms with Gasteiger partial charge in [0.05, 0.1) is 16.9 Å². The molecule has 0 spiro atoms. The van der Waals surface area contributed by atoms with Crippen molar-refractivity contribution in [1.82, 2.24) is 4.98 Å². The van der Waals surface area contributed by atoms with E-state index in [1.165, 1.54) is 54.7 Å². The van der Waals surface area contributed by atoms with Crippen LogP contribution in [-0.2, 0) is 6.18 Å². The molecule has 0 saturated carbocycles. The van der Waals surface area contributed by atoms with Gasteiger partial charge in [0.2, 0.25) is 0 Å². The molecule has 2 aromatic carbocycles. The average Bonchev–Trinajstić information content (AvgIpc) is 2.63. The van der Waals surface area contributed by atoms with Gasteiger partial charge in [-0.2, -0.15) is 13.2 Å². The SMILES string of the molecule is O=C(Nc1ccccc1C(F)(F)F)c1ccnc(Nc2ccccc2F)c1. The second-order valence-electron chi connectivity index (χ2n) is 5.53. The van der Waals surface area contributed by atoms with Crippen molar-refractivity contribution in [1.29, 1.82) is 0 Å². The molecule has 3 rings (SSSR count). The third kappa shape index (κ3) is 4.41. The number of rotatable bonds is 4. The van der Waals surface area contributed by atoms with E-state index >= 15 is 0 Å². The molecule has 4 nitrogen and oxygen atoms in total. The Kier molecular flexibility index (Phi) is 5.07. The number of amides is 1. The molecule has 0 bridgehead atoms. The fraction of sp³-hybridized carbons (Fsp3) is 0.0526. The summed E-state index contributed by atoms with van der Waals surface area (Å²) in [6, 6.07) is 13.2. The largest absolute Gasteiger partial charge is 0.418 e. The first-order chi connectivity index (χ1) is 12.8. The molecule has 0 aliphatic rings. The maximum absolute atomic E-state index is 13.7. The Hall–Kier alpha value is -3.42. The molecule has 0 atom stereocenters. The molecule has 0 saturated heterocycles. The quantitative estimate of drug-likeness (QED) is 0.614. The first-order valence-corrected chi connectivity index (χ1v) is 7.80. The summed E-state index contributed by atoms with van der Waals surface area (Å²) in [5, 5.41) is 4.97. The predicted octanol–water partition coefficient (Wildman–Crippen LogP) is 5.24. The van der Waals surface area contributed by atoms with Crippen LogP contribution in [0.4, 0.5) is 34.8 Å². The highest BCUT2D eigenvalue weighted by Gasteiger charge is 2.33. The zero-order valence-electron chi connectivity index (χ0n) is 13.7. The molecule has 0 aliphatic heterocycles. The maximum atomic E-state index is 13.7. The van der Waals surface area contributed by atoms with Gasteiger partial charge < -0.3 is 10.6 Å². The molecule has 0 radical (unpaired) electrons. The summed E-state index contributed by atoms with van der Waals surface area (Å²) in [6.07, 6.45) is -3.30. The Morgan fingerprint density at radius 2 is 1.59 bits per heavy atom. The van der Waals surface area contributed by atoms with Crippen LogP contribution in [0.2, 0.25) is 0 Å². The van der Waals surface area contributed by atoms with E-state index in [0.717, 1.165) is 6.07 Å². The highest BCUT2D eigenvalue weighted by atomic mass is 19.4. The van der Waals surface area contributed by atoms with Gasteiger partial charge in [0, 0.05) is 11.8 Å². The van der Waals surface area contributed by atoms with Gasteiger partial charge in [0.25, 0.3) is 5.91 Å². The number of nitrogens with zero attached hydrogens (tertiary/aromatic N) is 1. The molecule has 1 heterocycles. The number of pyridine rings is 1. The number of nitrogens with one attached hydrogen (secondary N) is 2. The summed E-state index contributed by atoms with van der Waals surface area (Å²) in [5.41, 5.74) is -1.07. The van der Waals surface area contributed by atoms with Gasteiger partial charge in [-0.3, -0.25) is 4.79 Å². The molecule has 0 unspecified atom stereocenters. The number of hydrogen-bond donors (Lipinski definition) is 2. The lowest BCUT2D eigenvalue weighted by Crippen LogP contribution is -2.16. The minimum atomic E-state index is -4.60. The number of carbonyl (C=O) groups excluding carboxylic acids is 1. The molecular formula is C19H13F4N3O. The zero-order valence-corrected chi connectivity index (χ0v) is 13.7. The number of carbonyl (C=O) groups is 1. The third-order valence-electron chi connectivity index (χ3n) is 3.64. The summed E-state index contributed by atoms with van der Waals surface area (Å²) in [4.78, 5) is 16.3. The van der Waals surface area contributed by atoms with Gasteiger partial charge in [-0.25, -0.2) is 9.37 Å². The number of anilines is 3. The molecule has 0 fully saturated rings. The van der Waals surface area contributed by atoms with Crippen LogP contribution in [0.1, 0.15) is 15.9 Å². The third-order valence-corrected chi connectivity index (χ3v) is 3.64. The van der Waals surface area contributed by atoms with Crippen LogP contribution in [0.5, 0.6) is 0 Å². The monoisotopic (exact) mass is 375 g/mol. The standard InChI is InChI=1S/C19H13F4N3O/c20-14-6-2-4-8-16(14)25-17-11-12(9-10-24-17)18(27)26-15-7-3-1-5-13(15)19(21,22)23/h1-11H,(H,24,25)(H,26,27). The van der Waals surface area contributed by atoms with Crippen LogP contribution in [0.15, 0.2) is 66.9 Å². The van der Waals surface area contributed by atoms with Crippen molar-refractivity contribution in [2.24, 2.45) is 0 Å².